The van der Waals surface area contributed by atoms with E-state index in [1.165, 1.54) is 4.90 Å². The smallest absolute Gasteiger partial charge is 0.277 e. The molecule has 7 nitrogen and oxygen atoms in total. The Hall–Kier alpha value is -2.38. The minimum Gasteiger partial charge on any atom is -0.494 e. The van der Waals surface area contributed by atoms with Crippen LogP contribution in [0, 0.1) is 0 Å². The van der Waals surface area contributed by atoms with Gasteiger partial charge in [0.1, 0.15) is 11.4 Å². The van der Waals surface area contributed by atoms with Crippen molar-refractivity contribution in [3.05, 3.63) is 35.5 Å². The van der Waals surface area contributed by atoms with Crippen LogP contribution in [-0.4, -0.2) is 85.6 Å². The van der Waals surface area contributed by atoms with E-state index in [1.54, 1.807) is 0 Å². The minimum absolute atomic E-state index is 0.0676. The first-order valence-electron chi connectivity index (χ1n) is 11.9. The van der Waals surface area contributed by atoms with Crippen LogP contribution in [0.4, 0.5) is 0 Å². The maximum atomic E-state index is 13.6. The van der Waals surface area contributed by atoms with Crippen molar-refractivity contribution in [2.24, 2.45) is 0 Å². The predicted molar refractivity (Wildman–Crippen MR) is 123 cm³/mol. The molecule has 2 amide bonds. The maximum absolute atomic E-state index is 13.6. The first-order chi connectivity index (χ1) is 15.5. The number of amides is 2. The van der Waals surface area contributed by atoms with Gasteiger partial charge >= 0.3 is 0 Å². The van der Waals surface area contributed by atoms with E-state index in [2.05, 4.69) is 23.8 Å². The van der Waals surface area contributed by atoms with Crippen LogP contribution in [0.2, 0.25) is 0 Å². The number of piperidine rings is 1. The normalized spacial score (nSPS) is 22.8. The molecule has 4 rings (SSSR count). The molecule has 32 heavy (non-hydrogen) atoms. The molecule has 0 aromatic heterocycles. The first-order valence-corrected chi connectivity index (χ1v) is 11.9. The van der Waals surface area contributed by atoms with Gasteiger partial charge in [-0.25, -0.2) is 0 Å². The van der Waals surface area contributed by atoms with Crippen molar-refractivity contribution in [3.63, 3.8) is 0 Å². The topological polar surface area (TPSA) is 62.3 Å². The van der Waals surface area contributed by atoms with E-state index < -0.39 is 0 Å². The first kappa shape index (κ1) is 22.8. The Balaban J connectivity index is 1.64. The summed E-state index contributed by atoms with van der Waals surface area (Å²) in [6.45, 7) is 5.71. The van der Waals surface area contributed by atoms with Gasteiger partial charge in [-0.05, 0) is 69.9 Å². The summed E-state index contributed by atoms with van der Waals surface area (Å²) in [5.74, 6) is 0.352. The molecule has 2 fully saturated rings. The quantitative estimate of drug-likeness (QED) is 0.578. The second-order valence-corrected chi connectivity index (χ2v) is 9.10. The molecule has 2 saturated heterocycles. The molecule has 1 aromatic carbocycles. The standard InChI is InChI=1S/C25H35N3O4/c1-4-15-31-20-9-7-18(8-10-20)22-23(27(3)19-11-13-26(2)14-12-19)25(30)28(24(22)29)17-21-6-5-16-32-21/h7-10,19,21H,4-6,11-17H2,1-3H3. The van der Waals surface area contributed by atoms with Gasteiger partial charge in [-0.15, -0.1) is 0 Å². The summed E-state index contributed by atoms with van der Waals surface area (Å²) in [6, 6.07) is 7.78. The number of benzene rings is 1. The van der Waals surface area contributed by atoms with E-state index in [0.717, 1.165) is 56.5 Å². The number of hydrogen-bond acceptors (Lipinski definition) is 6. The Bertz CT molecular complexity index is 852. The summed E-state index contributed by atoms with van der Waals surface area (Å²) in [6.07, 6.45) is 4.67. The Labute approximate surface area is 190 Å². The molecule has 0 N–H and O–H groups in total. The highest BCUT2D eigenvalue weighted by Gasteiger charge is 2.43. The highest BCUT2D eigenvalue weighted by molar-refractivity contribution is 6.35. The maximum Gasteiger partial charge on any atom is 0.277 e. The third-order valence-electron chi connectivity index (χ3n) is 6.76. The van der Waals surface area contributed by atoms with Crippen LogP contribution >= 0.6 is 0 Å². The zero-order valence-electron chi connectivity index (χ0n) is 19.5. The fourth-order valence-electron chi connectivity index (χ4n) is 4.81. The molecule has 0 bridgehead atoms. The van der Waals surface area contributed by atoms with Gasteiger partial charge in [-0.3, -0.25) is 14.5 Å². The van der Waals surface area contributed by atoms with Gasteiger partial charge in [0, 0.05) is 19.7 Å². The second kappa shape index (κ2) is 10.0. The van der Waals surface area contributed by atoms with Crippen LogP contribution < -0.4 is 4.74 Å². The number of carbonyl (C=O) groups excluding carboxylic acids is 2. The van der Waals surface area contributed by atoms with E-state index in [0.29, 0.717) is 31.0 Å². The average Bonchev–Trinajstić information content (AvgIpc) is 3.40. The van der Waals surface area contributed by atoms with Crippen molar-refractivity contribution in [2.75, 3.05) is 46.9 Å². The Morgan fingerprint density at radius 2 is 1.81 bits per heavy atom. The molecule has 174 valence electrons. The van der Waals surface area contributed by atoms with Gasteiger partial charge < -0.3 is 19.3 Å². The Kier molecular flexibility index (Phi) is 7.16. The molecule has 3 aliphatic rings. The Morgan fingerprint density at radius 1 is 1.09 bits per heavy atom. The van der Waals surface area contributed by atoms with E-state index in [4.69, 9.17) is 9.47 Å². The van der Waals surface area contributed by atoms with Crippen molar-refractivity contribution >= 4 is 17.4 Å². The van der Waals surface area contributed by atoms with E-state index >= 15 is 0 Å². The molecule has 1 aromatic rings. The lowest BCUT2D eigenvalue weighted by atomic mass is 10.00. The van der Waals surface area contributed by atoms with E-state index in [-0.39, 0.29) is 24.0 Å². The van der Waals surface area contributed by atoms with E-state index in [9.17, 15) is 9.59 Å². The molecule has 1 atom stereocenters. The summed E-state index contributed by atoms with van der Waals surface area (Å²) in [4.78, 5) is 32.9. The van der Waals surface area contributed by atoms with Crippen molar-refractivity contribution in [1.29, 1.82) is 0 Å². The molecule has 3 heterocycles. The van der Waals surface area contributed by atoms with Crippen molar-refractivity contribution in [2.45, 2.75) is 51.2 Å². The number of nitrogens with zero attached hydrogens (tertiary/aromatic N) is 3. The summed E-state index contributed by atoms with van der Waals surface area (Å²) >= 11 is 0. The molecule has 1 unspecified atom stereocenters. The van der Waals surface area contributed by atoms with E-state index in [1.807, 2.05) is 31.3 Å². The highest BCUT2D eigenvalue weighted by Crippen LogP contribution is 2.35. The van der Waals surface area contributed by atoms with Crippen LogP contribution in [0.1, 0.15) is 44.6 Å². The molecule has 3 aliphatic heterocycles. The minimum atomic E-state index is -0.220. The molecular weight excluding hydrogens is 406 g/mol. The third kappa shape index (κ3) is 4.69. The van der Waals surface area contributed by atoms with Crippen molar-refractivity contribution in [3.8, 4) is 5.75 Å². The molecule has 0 spiro atoms. The van der Waals surface area contributed by atoms with Crippen molar-refractivity contribution < 1.29 is 19.1 Å². The van der Waals surface area contributed by atoms with Gasteiger partial charge in [0.25, 0.3) is 11.8 Å². The van der Waals surface area contributed by atoms with Crippen LogP contribution in [0.5, 0.6) is 5.75 Å². The number of imide groups is 1. The Morgan fingerprint density at radius 3 is 2.44 bits per heavy atom. The summed E-state index contributed by atoms with van der Waals surface area (Å²) in [7, 11) is 4.08. The zero-order chi connectivity index (χ0) is 22.7. The molecule has 7 heteroatoms. The molecule has 0 saturated carbocycles. The molecule has 0 aliphatic carbocycles. The lowest BCUT2D eigenvalue weighted by Crippen LogP contribution is -2.44. The average molecular weight is 442 g/mol. The van der Waals surface area contributed by atoms with Crippen molar-refractivity contribution in [1.82, 2.24) is 14.7 Å². The lowest BCUT2D eigenvalue weighted by Gasteiger charge is -2.36. The fourth-order valence-corrected chi connectivity index (χ4v) is 4.81. The number of hydrogen-bond donors (Lipinski definition) is 0. The highest BCUT2D eigenvalue weighted by atomic mass is 16.5. The van der Waals surface area contributed by atoms with Gasteiger partial charge in [-0.1, -0.05) is 19.1 Å². The fraction of sp³-hybridized carbons (Fsp3) is 0.600. The van der Waals surface area contributed by atoms with Gasteiger partial charge in [-0.2, -0.15) is 0 Å². The zero-order valence-corrected chi connectivity index (χ0v) is 19.5. The second-order valence-electron chi connectivity index (χ2n) is 9.10. The number of ether oxygens (including phenoxy) is 2. The lowest BCUT2D eigenvalue weighted by molar-refractivity contribution is -0.139. The number of likely N-dealkylation sites (tertiary alicyclic amines) is 1. The largest absolute Gasteiger partial charge is 0.494 e. The third-order valence-corrected chi connectivity index (χ3v) is 6.76. The van der Waals surface area contributed by atoms with Crippen LogP contribution in [-0.2, 0) is 14.3 Å². The summed E-state index contributed by atoms with van der Waals surface area (Å²) in [5, 5.41) is 0. The monoisotopic (exact) mass is 441 g/mol. The summed E-state index contributed by atoms with van der Waals surface area (Å²) in [5.41, 5.74) is 1.78. The summed E-state index contributed by atoms with van der Waals surface area (Å²) < 4.78 is 11.4. The predicted octanol–water partition coefficient (Wildman–Crippen LogP) is 2.76. The van der Waals surface area contributed by atoms with Crippen LogP contribution in [0.15, 0.2) is 30.0 Å². The molecular formula is C25H35N3O4. The van der Waals surface area contributed by atoms with Gasteiger partial charge in [0.05, 0.1) is 24.8 Å². The molecule has 0 radical (unpaired) electrons. The van der Waals surface area contributed by atoms with Crippen LogP contribution in [0.25, 0.3) is 5.57 Å². The van der Waals surface area contributed by atoms with Crippen LogP contribution in [0.3, 0.4) is 0 Å². The van der Waals surface area contributed by atoms with Gasteiger partial charge in [0.2, 0.25) is 0 Å². The number of carbonyl (C=O) groups is 2. The number of likely N-dealkylation sites (N-methyl/N-ethyl adjacent to an activating group) is 1. The van der Waals surface area contributed by atoms with Gasteiger partial charge in [0.15, 0.2) is 0 Å². The SMILES string of the molecule is CCCOc1ccc(C2=C(N(C)C3CCN(C)CC3)C(=O)N(CC3CCCO3)C2=O)cc1. The number of rotatable bonds is 8.